The van der Waals surface area contributed by atoms with Gasteiger partial charge in [-0.15, -0.1) is 11.3 Å². The molecule has 1 saturated carbocycles. The molecule has 1 amide bonds. The lowest BCUT2D eigenvalue weighted by Gasteiger charge is -2.16. The average molecular weight is 484 g/mol. The Labute approximate surface area is 206 Å². The van der Waals surface area contributed by atoms with E-state index in [4.69, 9.17) is 10.2 Å². The number of fused-ring (bicyclic) bond motifs is 4. The van der Waals surface area contributed by atoms with Crippen LogP contribution in [0.4, 0.5) is 11.6 Å². The molecule has 1 aliphatic rings. The molecule has 0 unspecified atom stereocenters. The zero-order valence-corrected chi connectivity index (χ0v) is 20.4. The first kappa shape index (κ1) is 21.8. The number of amides is 1. The lowest BCUT2D eigenvalue weighted by molar-refractivity contribution is -0.118. The van der Waals surface area contributed by atoms with E-state index in [-0.39, 0.29) is 11.3 Å². The SMILES string of the molecule is CCN(C)c1cc(=O)c2cccc(-c3cccc4c3sc3ccc(NC(=O)C5(N)CC5)cc34)c2o1. The molecule has 7 heteroatoms. The average Bonchev–Trinajstić information content (AvgIpc) is 3.52. The number of nitrogens with one attached hydrogen (secondary N) is 1. The Kier molecular flexibility index (Phi) is 4.95. The Balaban J connectivity index is 1.52. The molecule has 0 bridgehead atoms. The molecule has 6 rings (SSSR count). The molecule has 6 nitrogen and oxygen atoms in total. The molecular formula is C28H25N3O3S. The number of rotatable bonds is 5. The third-order valence-electron chi connectivity index (χ3n) is 6.88. The number of benzene rings is 3. The van der Waals surface area contributed by atoms with Crippen LogP contribution in [-0.4, -0.2) is 25.0 Å². The molecule has 176 valence electrons. The van der Waals surface area contributed by atoms with Crippen LogP contribution in [-0.2, 0) is 4.79 Å². The summed E-state index contributed by atoms with van der Waals surface area (Å²) in [7, 11) is 1.91. The van der Waals surface area contributed by atoms with Gasteiger partial charge in [0.25, 0.3) is 0 Å². The van der Waals surface area contributed by atoms with Crippen molar-refractivity contribution in [2.24, 2.45) is 5.73 Å². The molecule has 3 aromatic carbocycles. The van der Waals surface area contributed by atoms with E-state index in [1.807, 2.05) is 61.3 Å². The highest BCUT2D eigenvalue weighted by molar-refractivity contribution is 7.26. The maximum atomic E-state index is 12.9. The van der Waals surface area contributed by atoms with Gasteiger partial charge in [0.2, 0.25) is 5.91 Å². The molecular weight excluding hydrogens is 458 g/mol. The van der Waals surface area contributed by atoms with Crippen molar-refractivity contribution in [2.75, 3.05) is 23.8 Å². The normalized spacial score (nSPS) is 14.5. The minimum atomic E-state index is -0.720. The van der Waals surface area contributed by atoms with E-state index in [0.717, 1.165) is 56.4 Å². The van der Waals surface area contributed by atoms with E-state index < -0.39 is 5.54 Å². The van der Waals surface area contributed by atoms with Crippen LogP contribution >= 0.6 is 11.3 Å². The van der Waals surface area contributed by atoms with Gasteiger partial charge < -0.3 is 20.4 Å². The summed E-state index contributed by atoms with van der Waals surface area (Å²) in [6.45, 7) is 2.75. The topological polar surface area (TPSA) is 88.6 Å². The van der Waals surface area contributed by atoms with Gasteiger partial charge in [-0.25, -0.2) is 0 Å². The second kappa shape index (κ2) is 7.93. The van der Waals surface area contributed by atoms with Gasteiger partial charge in [0.05, 0.1) is 10.9 Å². The van der Waals surface area contributed by atoms with Gasteiger partial charge in [-0.2, -0.15) is 0 Å². The van der Waals surface area contributed by atoms with E-state index in [9.17, 15) is 9.59 Å². The Bertz CT molecular complexity index is 1700. The van der Waals surface area contributed by atoms with Crippen molar-refractivity contribution < 1.29 is 9.21 Å². The summed E-state index contributed by atoms with van der Waals surface area (Å²) in [4.78, 5) is 27.2. The first-order valence-electron chi connectivity index (χ1n) is 11.7. The number of anilines is 2. The largest absolute Gasteiger partial charge is 0.440 e. The number of carbonyl (C=O) groups excluding carboxylic acids is 1. The number of hydrogen-bond donors (Lipinski definition) is 2. The Morgan fingerprint density at radius 1 is 1.06 bits per heavy atom. The van der Waals surface area contributed by atoms with Crippen molar-refractivity contribution in [3.63, 3.8) is 0 Å². The molecule has 0 saturated heterocycles. The molecule has 5 aromatic rings. The standard InChI is InChI=1S/C28H25N3O3S/c1-3-31(2)24-15-22(32)20-9-4-6-17(25(20)34-24)18-7-5-8-19-21-14-16(10-11-23(21)35-26(18)19)30-27(33)28(29)12-13-28/h4-11,14-15H,3,12-13,29H2,1-2H3,(H,30,33). The van der Waals surface area contributed by atoms with Gasteiger partial charge in [-0.3, -0.25) is 9.59 Å². The highest BCUT2D eigenvalue weighted by Crippen LogP contribution is 2.43. The quantitative estimate of drug-likeness (QED) is 0.334. The third kappa shape index (κ3) is 3.59. The molecule has 0 aliphatic heterocycles. The third-order valence-corrected chi connectivity index (χ3v) is 8.10. The van der Waals surface area contributed by atoms with Crippen molar-refractivity contribution >= 4 is 60.0 Å². The fourth-order valence-electron chi connectivity index (χ4n) is 4.43. The van der Waals surface area contributed by atoms with Crippen LogP contribution in [0.25, 0.3) is 42.3 Å². The van der Waals surface area contributed by atoms with E-state index in [1.165, 1.54) is 0 Å². The predicted molar refractivity (Wildman–Crippen MR) is 145 cm³/mol. The second-order valence-corrected chi connectivity index (χ2v) is 10.3. The predicted octanol–water partition coefficient (Wildman–Crippen LogP) is 5.71. The summed E-state index contributed by atoms with van der Waals surface area (Å²) in [6.07, 6.45) is 1.45. The van der Waals surface area contributed by atoms with Gasteiger partial charge in [0.15, 0.2) is 11.3 Å². The summed E-state index contributed by atoms with van der Waals surface area (Å²) in [5.74, 6) is 0.422. The summed E-state index contributed by atoms with van der Waals surface area (Å²) < 4.78 is 8.50. The van der Waals surface area contributed by atoms with Gasteiger partial charge in [0, 0.05) is 56.6 Å². The Hall–Kier alpha value is -3.68. The number of carbonyl (C=O) groups is 1. The molecule has 0 atom stereocenters. The highest BCUT2D eigenvalue weighted by atomic mass is 32.1. The maximum absolute atomic E-state index is 12.9. The number of para-hydroxylation sites is 1. The minimum absolute atomic E-state index is 0.0550. The molecule has 35 heavy (non-hydrogen) atoms. The Morgan fingerprint density at radius 2 is 1.80 bits per heavy atom. The van der Waals surface area contributed by atoms with Crippen LogP contribution in [0.2, 0.25) is 0 Å². The zero-order valence-electron chi connectivity index (χ0n) is 19.6. The van der Waals surface area contributed by atoms with Crippen molar-refractivity contribution in [1.29, 1.82) is 0 Å². The number of hydrogen-bond acceptors (Lipinski definition) is 6. The zero-order chi connectivity index (χ0) is 24.3. The van der Waals surface area contributed by atoms with E-state index in [0.29, 0.717) is 16.9 Å². The summed E-state index contributed by atoms with van der Waals surface area (Å²) in [6, 6.07) is 19.4. The first-order chi connectivity index (χ1) is 16.9. The molecule has 0 spiro atoms. The van der Waals surface area contributed by atoms with Gasteiger partial charge >= 0.3 is 0 Å². The highest BCUT2D eigenvalue weighted by Gasteiger charge is 2.45. The van der Waals surface area contributed by atoms with Crippen LogP contribution in [0.3, 0.4) is 0 Å². The van der Waals surface area contributed by atoms with Crippen LogP contribution < -0.4 is 21.4 Å². The number of nitrogens with zero attached hydrogens (tertiary/aromatic N) is 1. The Morgan fingerprint density at radius 3 is 2.54 bits per heavy atom. The van der Waals surface area contributed by atoms with Crippen LogP contribution in [0, 0.1) is 0 Å². The lowest BCUT2D eigenvalue weighted by atomic mass is 10.0. The number of thiophene rings is 1. The molecule has 1 fully saturated rings. The summed E-state index contributed by atoms with van der Waals surface area (Å²) in [5.41, 5.74) is 8.51. The van der Waals surface area contributed by atoms with Crippen LogP contribution in [0.5, 0.6) is 0 Å². The molecule has 2 heterocycles. The van der Waals surface area contributed by atoms with E-state index in [2.05, 4.69) is 17.4 Å². The fraction of sp³-hybridized carbons (Fsp3) is 0.214. The monoisotopic (exact) mass is 483 g/mol. The van der Waals surface area contributed by atoms with Gasteiger partial charge in [-0.05, 0) is 44.0 Å². The van der Waals surface area contributed by atoms with Gasteiger partial charge in [0.1, 0.15) is 5.58 Å². The lowest BCUT2D eigenvalue weighted by Crippen LogP contribution is -2.37. The molecule has 3 N–H and O–H groups in total. The molecule has 2 aromatic heterocycles. The van der Waals surface area contributed by atoms with Crippen molar-refractivity contribution in [3.05, 3.63) is 70.9 Å². The maximum Gasteiger partial charge on any atom is 0.244 e. The molecule has 1 aliphatic carbocycles. The van der Waals surface area contributed by atoms with Crippen LogP contribution in [0.15, 0.2) is 69.9 Å². The van der Waals surface area contributed by atoms with Crippen molar-refractivity contribution in [2.45, 2.75) is 25.3 Å². The summed E-state index contributed by atoms with van der Waals surface area (Å²) >= 11 is 1.69. The second-order valence-electron chi connectivity index (χ2n) is 9.25. The van der Waals surface area contributed by atoms with Gasteiger partial charge in [-0.1, -0.05) is 30.3 Å². The van der Waals surface area contributed by atoms with Crippen molar-refractivity contribution in [1.82, 2.24) is 0 Å². The smallest absolute Gasteiger partial charge is 0.244 e. The summed E-state index contributed by atoms with van der Waals surface area (Å²) in [5, 5.41) is 5.70. The number of nitrogens with two attached hydrogens (primary N) is 1. The van der Waals surface area contributed by atoms with Crippen molar-refractivity contribution in [3.8, 4) is 11.1 Å². The van der Waals surface area contributed by atoms with Crippen LogP contribution in [0.1, 0.15) is 19.8 Å². The van der Waals surface area contributed by atoms with E-state index >= 15 is 0 Å². The molecule has 0 radical (unpaired) electrons. The first-order valence-corrected chi connectivity index (χ1v) is 12.5. The van der Waals surface area contributed by atoms with E-state index in [1.54, 1.807) is 17.4 Å². The fourth-order valence-corrected chi connectivity index (χ4v) is 5.64. The minimum Gasteiger partial charge on any atom is -0.440 e.